The third-order valence-corrected chi connectivity index (χ3v) is 5.67. The summed E-state index contributed by atoms with van der Waals surface area (Å²) in [5, 5.41) is 8.94. The maximum atomic E-state index is 10.9. The third-order valence-electron chi connectivity index (χ3n) is 5.67. The van der Waals surface area contributed by atoms with Crippen molar-refractivity contribution in [3.8, 4) is 0 Å². The average Bonchev–Trinajstić information content (AvgIpc) is 2.49. The van der Waals surface area contributed by atoms with E-state index < -0.39 is 12.0 Å². The molecule has 0 spiro atoms. The molecule has 1 aliphatic rings. The molecule has 0 aliphatic heterocycles. The topological polar surface area (TPSA) is 63.3 Å². The molecule has 0 amide bonds. The van der Waals surface area contributed by atoms with E-state index in [-0.39, 0.29) is 0 Å². The summed E-state index contributed by atoms with van der Waals surface area (Å²) in [6.45, 7) is 9.56. The minimum Gasteiger partial charge on any atom is -0.480 e. The highest BCUT2D eigenvalue weighted by molar-refractivity contribution is 5.73. The maximum Gasteiger partial charge on any atom is 0.320 e. The number of carbonyl (C=O) groups is 1. The van der Waals surface area contributed by atoms with Gasteiger partial charge < -0.3 is 10.8 Å². The lowest BCUT2D eigenvalue weighted by atomic mass is 9.67. The van der Waals surface area contributed by atoms with Gasteiger partial charge in [0.05, 0.1) is 0 Å². The molecule has 1 fully saturated rings. The van der Waals surface area contributed by atoms with Gasteiger partial charge in [0.25, 0.3) is 0 Å². The van der Waals surface area contributed by atoms with Crippen LogP contribution in [0.3, 0.4) is 0 Å². The predicted molar refractivity (Wildman–Crippen MR) is 99.1 cm³/mol. The molecule has 1 saturated carbocycles. The Morgan fingerprint density at radius 3 is 2.29 bits per heavy atom. The smallest absolute Gasteiger partial charge is 0.320 e. The first kappa shape index (κ1) is 19.0. The van der Waals surface area contributed by atoms with E-state index in [1.807, 2.05) is 0 Å². The number of aliphatic carboxylic acids is 1. The van der Waals surface area contributed by atoms with Gasteiger partial charge in [-0.05, 0) is 66.4 Å². The second-order valence-corrected chi connectivity index (χ2v) is 9.16. The first-order chi connectivity index (χ1) is 11.1. The molecule has 24 heavy (non-hydrogen) atoms. The van der Waals surface area contributed by atoms with Crippen LogP contribution in [0.1, 0.15) is 76.8 Å². The minimum atomic E-state index is -0.942. The van der Waals surface area contributed by atoms with Crippen molar-refractivity contribution in [3.63, 3.8) is 0 Å². The highest BCUT2D eigenvalue weighted by Crippen LogP contribution is 2.45. The third kappa shape index (κ3) is 5.34. The summed E-state index contributed by atoms with van der Waals surface area (Å²) in [5.41, 5.74) is 8.80. The van der Waals surface area contributed by atoms with Crippen LogP contribution < -0.4 is 5.73 Å². The highest BCUT2D eigenvalue weighted by atomic mass is 16.4. The molecular weight excluding hydrogens is 298 g/mol. The number of benzene rings is 1. The normalized spacial score (nSPS) is 24.6. The van der Waals surface area contributed by atoms with Gasteiger partial charge in [-0.1, -0.05) is 52.0 Å². The Morgan fingerprint density at radius 1 is 1.12 bits per heavy atom. The first-order valence-corrected chi connectivity index (χ1v) is 9.15. The Balaban J connectivity index is 2.12. The van der Waals surface area contributed by atoms with E-state index in [0.29, 0.717) is 23.2 Å². The van der Waals surface area contributed by atoms with Crippen LogP contribution in [0.15, 0.2) is 24.3 Å². The van der Waals surface area contributed by atoms with Crippen LogP contribution in [-0.2, 0) is 11.2 Å². The molecule has 2 rings (SSSR count). The summed E-state index contributed by atoms with van der Waals surface area (Å²) in [5.74, 6) is -0.357. The fourth-order valence-electron chi connectivity index (χ4n) is 3.79. The van der Waals surface area contributed by atoms with E-state index in [4.69, 9.17) is 10.8 Å². The molecule has 1 aromatic rings. The molecule has 0 radical (unpaired) electrons. The summed E-state index contributed by atoms with van der Waals surface area (Å²) in [6, 6.07) is 7.64. The van der Waals surface area contributed by atoms with Crippen molar-refractivity contribution in [2.75, 3.05) is 0 Å². The van der Waals surface area contributed by atoms with Gasteiger partial charge in [0, 0.05) is 0 Å². The van der Waals surface area contributed by atoms with Crippen molar-refractivity contribution in [2.24, 2.45) is 16.6 Å². The zero-order valence-electron chi connectivity index (χ0n) is 15.6. The van der Waals surface area contributed by atoms with E-state index in [1.54, 1.807) is 0 Å². The zero-order valence-corrected chi connectivity index (χ0v) is 15.6. The second kappa shape index (κ2) is 7.26. The summed E-state index contributed by atoms with van der Waals surface area (Å²) >= 11 is 0. The van der Waals surface area contributed by atoms with Gasteiger partial charge in [0.15, 0.2) is 0 Å². The van der Waals surface area contributed by atoms with E-state index in [1.165, 1.54) is 37.7 Å². The number of hydrogen-bond donors (Lipinski definition) is 2. The van der Waals surface area contributed by atoms with Crippen LogP contribution in [0.25, 0.3) is 0 Å². The Hall–Kier alpha value is -1.35. The largest absolute Gasteiger partial charge is 0.480 e. The molecule has 0 aromatic heterocycles. The molecular formula is C21H33NO2. The molecule has 0 saturated heterocycles. The number of hydrogen-bond acceptors (Lipinski definition) is 2. The molecule has 0 bridgehead atoms. The lowest BCUT2D eigenvalue weighted by molar-refractivity contribution is -0.138. The molecule has 134 valence electrons. The zero-order chi connectivity index (χ0) is 18.0. The van der Waals surface area contributed by atoms with Gasteiger partial charge in [0.1, 0.15) is 6.04 Å². The number of carboxylic acids is 1. The van der Waals surface area contributed by atoms with Gasteiger partial charge in [-0.15, -0.1) is 0 Å². The number of rotatable bonds is 4. The summed E-state index contributed by atoms with van der Waals surface area (Å²) in [7, 11) is 0. The molecule has 1 aromatic carbocycles. The standard InChI is InChI=1S/C21H33NO2/c1-20(2)10-9-17(14-21(3,4)12-11-20)16-7-5-15(6-8-16)13-18(22)19(23)24/h5-8,17-18H,9-14,22H2,1-4H3,(H,23,24). The van der Waals surface area contributed by atoms with Crippen LogP contribution in [0.5, 0.6) is 0 Å². The summed E-state index contributed by atoms with van der Waals surface area (Å²) in [4.78, 5) is 10.9. The van der Waals surface area contributed by atoms with E-state index in [2.05, 4.69) is 52.0 Å². The lowest BCUT2D eigenvalue weighted by Crippen LogP contribution is -2.32. The molecule has 3 heteroatoms. The number of carboxylic acid groups (broad SMARTS) is 1. The van der Waals surface area contributed by atoms with Crippen molar-refractivity contribution in [3.05, 3.63) is 35.4 Å². The number of nitrogens with two attached hydrogens (primary N) is 1. The Labute approximate surface area is 146 Å². The molecule has 3 nitrogen and oxygen atoms in total. The van der Waals surface area contributed by atoms with E-state index in [0.717, 1.165) is 5.56 Å². The van der Waals surface area contributed by atoms with Crippen LogP contribution in [-0.4, -0.2) is 17.1 Å². The van der Waals surface area contributed by atoms with Crippen molar-refractivity contribution in [1.29, 1.82) is 0 Å². The van der Waals surface area contributed by atoms with Crippen molar-refractivity contribution >= 4 is 5.97 Å². The Morgan fingerprint density at radius 2 is 1.71 bits per heavy atom. The monoisotopic (exact) mass is 331 g/mol. The van der Waals surface area contributed by atoms with Crippen molar-refractivity contribution in [1.82, 2.24) is 0 Å². The van der Waals surface area contributed by atoms with Crippen LogP contribution >= 0.6 is 0 Å². The van der Waals surface area contributed by atoms with Crippen molar-refractivity contribution < 1.29 is 9.90 Å². The average molecular weight is 332 g/mol. The first-order valence-electron chi connectivity index (χ1n) is 9.15. The summed E-state index contributed by atoms with van der Waals surface area (Å²) in [6.07, 6.45) is 6.68. The minimum absolute atomic E-state index is 0.368. The quantitative estimate of drug-likeness (QED) is 0.837. The fourth-order valence-corrected chi connectivity index (χ4v) is 3.79. The maximum absolute atomic E-state index is 10.9. The molecule has 2 atom stereocenters. The van der Waals surface area contributed by atoms with Gasteiger partial charge >= 0.3 is 5.97 Å². The summed E-state index contributed by atoms with van der Waals surface area (Å²) < 4.78 is 0. The fraction of sp³-hybridized carbons (Fsp3) is 0.667. The molecule has 0 heterocycles. The molecule has 3 N–H and O–H groups in total. The Bertz CT molecular complexity index is 560. The van der Waals surface area contributed by atoms with E-state index in [9.17, 15) is 4.79 Å². The highest BCUT2D eigenvalue weighted by Gasteiger charge is 2.31. The SMILES string of the molecule is CC1(C)CCC(c2ccc(CC(N)C(=O)O)cc2)CC(C)(C)CC1. The predicted octanol–water partition coefficient (Wildman–Crippen LogP) is 4.74. The molecule has 1 aliphatic carbocycles. The van der Waals surface area contributed by atoms with E-state index >= 15 is 0 Å². The second-order valence-electron chi connectivity index (χ2n) is 9.16. The Kier molecular flexibility index (Phi) is 5.74. The van der Waals surface area contributed by atoms with Crippen molar-refractivity contribution in [2.45, 2.75) is 78.2 Å². The van der Waals surface area contributed by atoms with Crippen LogP contribution in [0.4, 0.5) is 0 Å². The van der Waals surface area contributed by atoms with Gasteiger partial charge in [-0.3, -0.25) is 4.79 Å². The van der Waals surface area contributed by atoms with Gasteiger partial charge in [-0.25, -0.2) is 0 Å². The van der Waals surface area contributed by atoms with Crippen LogP contribution in [0, 0.1) is 10.8 Å². The van der Waals surface area contributed by atoms with Gasteiger partial charge in [0.2, 0.25) is 0 Å². The van der Waals surface area contributed by atoms with Gasteiger partial charge in [-0.2, -0.15) is 0 Å². The lowest BCUT2D eigenvalue weighted by Gasteiger charge is -2.38. The van der Waals surface area contributed by atoms with Crippen LogP contribution in [0.2, 0.25) is 0 Å². The molecule has 2 unspecified atom stereocenters.